The van der Waals surface area contributed by atoms with Gasteiger partial charge in [-0.05, 0) is 45.2 Å². The second-order valence-electron chi connectivity index (χ2n) is 7.47. The number of furan rings is 1. The highest BCUT2D eigenvalue weighted by Gasteiger charge is 2.57. The summed E-state index contributed by atoms with van der Waals surface area (Å²) in [6.45, 7) is 4.72. The molecule has 5 nitrogen and oxygen atoms in total. The molecule has 0 aromatic carbocycles. The van der Waals surface area contributed by atoms with Gasteiger partial charge >= 0.3 is 0 Å². The molecule has 1 amide bonds. The van der Waals surface area contributed by atoms with Gasteiger partial charge in [-0.25, -0.2) is 4.98 Å². The lowest BCUT2D eigenvalue weighted by Gasteiger charge is -2.54. The predicted molar refractivity (Wildman–Crippen MR) is 101 cm³/mol. The van der Waals surface area contributed by atoms with Crippen LogP contribution in [0, 0.1) is 12.3 Å². The zero-order valence-electron chi connectivity index (χ0n) is 15.4. The number of aromatic nitrogens is 1. The summed E-state index contributed by atoms with van der Waals surface area (Å²) < 4.78 is 11.5. The van der Waals surface area contributed by atoms with E-state index in [-0.39, 0.29) is 17.4 Å². The van der Waals surface area contributed by atoms with Crippen molar-refractivity contribution in [2.75, 3.05) is 6.61 Å². The topological polar surface area (TPSA) is 64.4 Å². The number of amides is 1. The van der Waals surface area contributed by atoms with Gasteiger partial charge in [-0.2, -0.15) is 0 Å². The van der Waals surface area contributed by atoms with Gasteiger partial charge in [-0.1, -0.05) is 12.8 Å². The largest absolute Gasteiger partial charge is 0.459 e. The van der Waals surface area contributed by atoms with Crippen LogP contribution < -0.4 is 5.32 Å². The van der Waals surface area contributed by atoms with Crippen molar-refractivity contribution in [3.63, 3.8) is 0 Å². The second-order valence-corrected chi connectivity index (χ2v) is 8.33. The number of hydrogen-bond acceptors (Lipinski definition) is 5. The van der Waals surface area contributed by atoms with E-state index in [9.17, 15) is 4.79 Å². The fourth-order valence-corrected chi connectivity index (χ4v) is 5.33. The maximum Gasteiger partial charge on any atom is 0.226 e. The Morgan fingerprint density at radius 2 is 2.23 bits per heavy atom. The van der Waals surface area contributed by atoms with Crippen LogP contribution in [0.4, 0.5) is 0 Å². The zero-order valence-corrected chi connectivity index (χ0v) is 16.2. The summed E-state index contributed by atoms with van der Waals surface area (Å²) in [5, 5.41) is 6.03. The molecule has 0 aliphatic heterocycles. The number of carbonyl (C=O) groups excluding carboxylic acids is 1. The lowest BCUT2D eigenvalue weighted by atomic mass is 9.60. The van der Waals surface area contributed by atoms with Gasteiger partial charge in [0, 0.05) is 23.4 Å². The summed E-state index contributed by atoms with van der Waals surface area (Å²) in [4.78, 5) is 17.1. The molecule has 2 aliphatic carbocycles. The average Bonchev–Trinajstić information content (AvgIpc) is 3.34. The number of nitrogens with zero attached hydrogens (tertiary/aromatic N) is 1. The maximum absolute atomic E-state index is 12.6. The molecule has 4 rings (SSSR count). The van der Waals surface area contributed by atoms with Crippen molar-refractivity contribution >= 4 is 17.2 Å². The number of ether oxygens (including phenoxy) is 1. The number of thiazole rings is 1. The fourth-order valence-electron chi connectivity index (χ4n) is 4.55. The number of nitrogens with one attached hydrogen (secondary N) is 1. The van der Waals surface area contributed by atoms with E-state index in [0.717, 1.165) is 35.2 Å². The van der Waals surface area contributed by atoms with Gasteiger partial charge in [0.15, 0.2) is 10.8 Å². The Hall–Kier alpha value is -1.66. The second kappa shape index (κ2) is 7.16. The highest BCUT2D eigenvalue weighted by atomic mass is 32.1. The molecule has 2 fully saturated rings. The summed E-state index contributed by atoms with van der Waals surface area (Å²) >= 11 is 1.52. The standard InChI is InChI=1S/C20H26N2O3S/c1-3-24-17-11-16(20(17)8-4-5-9-20)22-18(23)10-14-12-26-19(21-14)15-7-6-13(2)25-15/h6-7,12,16-17H,3-5,8-11H2,1-2H3,(H,22,23). The van der Waals surface area contributed by atoms with Crippen LogP contribution in [0.15, 0.2) is 21.9 Å². The van der Waals surface area contributed by atoms with E-state index in [1.54, 1.807) is 0 Å². The first kappa shape index (κ1) is 17.7. The summed E-state index contributed by atoms with van der Waals surface area (Å²) in [6, 6.07) is 4.10. The van der Waals surface area contributed by atoms with Crippen LogP contribution in [-0.2, 0) is 16.0 Å². The normalized spacial score (nSPS) is 23.9. The van der Waals surface area contributed by atoms with Gasteiger partial charge in [0.05, 0.1) is 18.2 Å². The first-order valence-electron chi connectivity index (χ1n) is 9.53. The van der Waals surface area contributed by atoms with E-state index in [0.29, 0.717) is 12.5 Å². The molecule has 26 heavy (non-hydrogen) atoms. The molecule has 1 spiro atoms. The third-order valence-corrected chi connectivity index (χ3v) is 6.77. The minimum atomic E-state index is 0.0590. The van der Waals surface area contributed by atoms with Gasteiger partial charge in [0.25, 0.3) is 0 Å². The number of aryl methyl sites for hydroxylation is 1. The third-order valence-electron chi connectivity index (χ3n) is 5.87. The van der Waals surface area contributed by atoms with Crippen LogP contribution in [0.2, 0.25) is 0 Å². The minimum absolute atomic E-state index is 0.0590. The zero-order chi connectivity index (χ0) is 18.1. The van der Waals surface area contributed by atoms with Gasteiger partial charge in [-0.3, -0.25) is 4.79 Å². The first-order chi connectivity index (χ1) is 12.6. The smallest absolute Gasteiger partial charge is 0.226 e. The van der Waals surface area contributed by atoms with E-state index >= 15 is 0 Å². The Bertz CT molecular complexity index is 776. The van der Waals surface area contributed by atoms with Gasteiger partial charge in [-0.15, -0.1) is 11.3 Å². The SMILES string of the molecule is CCOC1CC(NC(=O)Cc2csc(-c3ccc(C)o3)n2)C12CCCC2. The quantitative estimate of drug-likeness (QED) is 0.826. The average molecular weight is 375 g/mol. The lowest BCUT2D eigenvalue weighted by Crippen LogP contribution is -2.63. The molecule has 2 unspecified atom stereocenters. The molecule has 140 valence electrons. The van der Waals surface area contributed by atoms with Crippen molar-refractivity contribution < 1.29 is 13.9 Å². The molecule has 2 saturated carbocycles. The van der Waals surface area contributed by atoms with E-state index in [1.165, 1.54) is 37.0 Å². The Morgan fingerprint density at radius 1 is 1.42 bits per heavy atom. The highest BCUT2D eigenvalue weighted by molar-refractivity contribution is 7.13. The van der Waals surface area contributed by atoms with Crippen LogP contribution in [0.25, 0.3) is 10.8 Å². The number of hydrogen-bond donors (Lipinski definition) is 1. The van der Waals surface area contributed by atoms with Gasteiger partial charge in [0.2, 0.25) is 5.91 Å². The van der Waals surface area contributed by atoms with Crippen molar-refractivity contribution in [2.45, 2.75) is 64.5 Å². The van der Waals surface area contributed by atoms with E-state index < -0.39 is 0 Å². The monoisotopic (exact) mass is 374 g/mol. The predicted octanol–water partition coefficient (Wildman–Crippen LogP) is 4.11. The molecule has 2 aliphatic rings. The molecule has 2 aromatic rings. The number of rotatable bonds is 6. The third kappa shape index (κ3) is 3.21. The van der Waals surface area contributed by atoms with Crippen molar-refractivity contribution in [3.05, 3.63) is 29.0 Å². The van der Waals surface area contributed by atoms with E-state index in [4.69, 9.17) is 9.15 Å². The molecule has 2 atom stereocenters. The van der Waals surface area contributed by atoms with Gasteiger partial charge < -0.3 is 14.5 Å². The maximum atomic E-state index is 12.6. The minimum Gasteiger partial charge on any atom is -0.459 e. The van der Waals surface area contributed by atoms with Crippen LogP contribution in [0.1, 0.15) is 50.5 Å². The summed E-state index contributed by atoms with van der Waals surface area (Å²) in [7, 11) is 0. The lowest BCUT2D eigenvalue weighted by molar-refractivity contribution is -0.143. The van der Waals surface area contributed by atoms with Crippen LogP contribution >= 0.6 is 11.3 Å². The van der Waals surface area contributed by atoms with Gasteiger partial charge in [0.1, 0.15) is 5.76 Å². The Labute approximate surface area is 158 Å². The Morgan fingerprint density at radius 3 is 2.92 bits per heavy atom. The Balaban J connectivity index is 1.36. The molecule has 2 heterocycles. The van der Waals surface area contributed by atoms with Crippen LogP contribution in [0.5, 0.6) is 0 Å². The van der Waals surface area contributed by atoms with E-state index in [1.807, 2.05) is 24.4 Å². The molecule has 0 bridgehead atoms. The molecule has 0 radical (unpaired) electrons. The van der Waals surface area contributed by atoms with E-state index in [2.05, 4.69) is 17.2 Å². The highest BCUT2D eigenvalue weighted by Crippen LogP contribution is 2.54. The molecule has 2 aromatic heterocycles. The molecule has 6 heteroatoms. The Kier molecular flexibility index (Phi) is 4.88. The first-order valence-corrected chi connectivity index (χ1v) is 10.4. The summed E-state index contributed by atoms with van der Waals surface area (Å²) in [6.07, 6.45) is 6.40. The van der Waals surface area contributed by atoms with Crippen LogP contribution in [0.3, 0.4) is 0 Å². The van der Waals surface area contributed by atoms with Crippen molar-refractivity contribution in [1.82, 2.24) is 10.3 Å². The molecular weight excluding hydrogens is 348 g/mol. The van der Waals surface area contributed by atoms with Crippen molar-refractivity contribution in [1.29, 1.82) is 0 Å². The van der Waals surface area contributed by atoms with Crippen molar-refractivity contribution in [3.8, 4) is 10.8 Å². The molecular formula is C20H26N2O3S. The number of carbonyl (C=O) groups is 1. The summed E-state index contributed by atoms with van der Waals surface area (Å²) in [5.74, 6) is 1.69. The summed E-state index contributed by atoms with van der Waals surface area (Å²) in [5.41, 5.74) is 0.975. The van der Waals surface area contributed by atoms with Crippen LogP contribution in [-0.4, -0.2) is 29.6 Å². The fraction of sp³-hybridized carbons (Fsp3) is 0.600. The molecule has 0 saturated heterocycles. The van der Waals surface area contributed by atoms with Crippen molar-refractivity contribution in [2.24, 2.45) is 5.41 Å². The molecule has 1 N–H and O–H groups in total.